The van der Waals surface area contributed by atoms with E-state index in [1.54, 1.807) is 18.3 Å². The Morgan fingerprint density at radius 1 is 1.16 bits per heavy atom. The standard InChI is InChI=1S/C18H11BrFN3OS/c19-11-1-6-15-14(8-11)10(9-21-15)7-16-17(24)23-18(25-16)22-13-4-2-12(20)3-5-13/h1-9,24H,(H,22,23). The Hall–Kier alpha value is -2.51. The molecule has 0 spiro atoms. The van der Waals surface area contributed by atoms with Gasteiger partial charge in [0.1, 0.15) is 5.82 Å². The molecule has 2 heterocycles. The zero-order chi connectivity index (χ0) is 17.4. The van der Waals surface area contributed by atoms with Crippen LogP contribution in [-0.4, -0.2) is 16.3 Å². The van der Waals surface area contributed by atoms with Gasteiger partial charge in [-0.2, -0.15) is 4.98 Å². The number of anilines is 2. The Bertz CT molecular complexity index is 1010. The Morgan fingerprint density at radius 2 is 1.96 bits per heavy atom. The Balaban J connectivity index is 1.63. The summed E-state index contributed by atoms with van der Waals surface area (Å²) in [7, 11) is 0. The number of benzene rings is 2. The van der Waals surface area contributed by atoms with Gasteiger partial charge in [-0.3, -0.25) is 4.99 Å². The molecule has 1 aliphatic heterocycles. The molecule has 0 saturated heterocycles. The molecule has 0 radical (unpaired) electrons. The summed E-state index contributed by atoms with van der Waals surface area (Å²) < 4.78 is 13.9. The molecule has 124 valence electrons. The van der Waals surface area contributed by atoms with Gasteiger partial charge < -0.3 is 10.4 Å². The van der Waals surface area contributed by atoms with Crippen LogP contribution in [0.1, 0.15) is 10.4 Å². The van der Waals surface area contributed by atoms with Crippen LogP contribution in [-0.2, 0) is 0 Å². The first-order chi connectivity index (χ1) is 12.1. The fourth-order valence-corrected chi connectivity index (χ4v) is 3.64. The molecule has 0 amide bonds. The molecule has 2 aromatic carbocycles. The third-order valence-electron chi connectivity index (χ3n) is 3.63. The van der Waals surface area contributed by atoms with Crippen LogP contribution in [0.25, 0.3) is 11.6 Å². The molecular weight excluding hydrogens is 405 g/mol. The first kappa shape index (κ1) is 16.0. The van der Waals surface area contributed by atoms with Crippen LogP contribution in [0, 0.1) is 5.82 Å². The quantitative estimate of drug-likeness (QED) is 0.572. The summed E-state index contributed by atoms with van der Waals surface area (Å²) in [5, 5.41) is 13.7. The molecular formula is C18H11BrFN3OS. The van der Waals surface area contributed by atoms with Crippen molar-refractivity contribution in [3.05, 3.63) is 63.2 Å². The van der Waals surface area contributed by atoms with Gasteiger partial charge in [0, 0.05) is 27.5 Å². The Kier molecular flexibility index (Phi) is 4.10. The molecule has 0 aliphatic carbocycles. The molecule has 0 fully saturated rings. The van der Waals surface area contributed by atoms with E-state index in [-0.39, 0.29) is 11.7 Å². The maximum atomic E-state index is 13.0. The van der Waals surface area contributed by atoms with Crippen LogP contribution in [0.5, 0.6) is 5.88 Å². The van der Waals surface area contributed by atoms with Gasteiger partial charge in [-0.05, 0) is 48.5 Å². The van der Waals surface area contributed by atoms with Crippen LogP contribution in [0.15, 0.2) is 51.9 Å². The average Bonchev–Trinajstić information content (AvgIpc) is 3.14. The SMILES string of the molecule is Oc1nc(Nc2ccc(F)cc2)sc1C=C1C=Nc2ccc(Br)cc21. The van der Waals surface area contributed by atoms with E-state index in [9.17, 15) is 9.50 Å². The lowest BCUT2D eigenvalue weighted by molar-refractivity contribution is 0.457. The summed E-state index contributed by atoms with van der Waals surface area (Å²) in [6, 6.07) is 11.8. The zero-order valence-corrected chi connectivity index (χ0v) is 15.1. The number of nitrogens with zero attached hydrogens (tertiary/aromatic N) is 2. The highest BCUT2D eigenvalue weighted by atomic mass is 79.9. The van der Waals surface area contributed by atoms with Crippen molar-refractivity contribution in [2.45, 2.75) is 0 Å². The highest BCUT2D eigenvalue weighted by Crippen LogP contribution is 2.38. The van der Waals surface area contributed by atoms with Crippen molar-refractivity contribution in [3.8, 4) is 5.88 Å². The minimum absolute atomic E-state index is 0.0565. The van der Waals surface area contributed by atoms with Crippen molar-refractivity contribution < 1.29 is 9.50 Å². The van der Waals surface area contributed by atoms with Crippen LogP contribution >= 0.6 is 27.3 Å². The van der Waals surface area contributed by atoms with Crippen molar-refractivity contribution in [2.75, 3.05) is 5.32 Å². The number of hydrogen-bond donors (Lipinski definition) is 2. The molecule has 2 N–H and O–H groups in total. The first-order valence-corrected chi connectivity index (χ1v) is 8.97. The number of fused-ring (bicyclic) bond motifs is 1. The van der Waals surface area contributed by atoms with Crippen LogP contribution in [0.3, 0.4) is 0 Å². The monoisotopic (exact) mass is 415 g/mol. The molecule has 0 atom stereocenters. The van der Waals surface area contributed by atoms with E-state index in [2.05, 4.69) is 31.2 Å². The molecule has 0 saturated carbocycles. The van der Waals surface area contributed by atoms with Gasteiger partial charge >= 0.3 is 0 Å². The van der Waals surface area contributed by atoms with E-state index in [0.29, 0.717) is 15.7 Å². The number of aliphatic imine (C=N–C) groups is 1. The number of halogens is 2. The van der Waals surface area contributed by atoms with Gasteiger partial charge in [0.25, 0.3) is 0 Å². The lowest BCUT2D eigenvalue weighted by Crippen LogP contribution is -1.88. The second-order valence-electron chi connectivity index (χ2n) is 5.36. The maximum Gasteiger partial charge on any atom is 0.231 e. The van der Waals surface area contributed by atoms with Gasteiger partial charge in [0.05, 0.1) is 10.6 Å². The van der Waals surface area contributed by atoms with Gasteiger partial charge in [-0.1, -0.05) is 27.3 Å². The lowest BCUT2D eigenvalue weighted by atomic mass is 10.1. The average molecular weight is 416 g/mol. The van der Waals surface area contributed by atoms with E-state index >= 15 is 0 Å². The minimum Gasteiger partial charge on any atom is -0.492 e. The molecule has 3 aromatic rings. The van der Waals surface area contributed by atoms with Gasteiger partial charge in [0.15, 0.2) is 5.13 Å². The largest absolute Gasteiger partial charge is 0.492 e. The molecule has 0 bridgehead atoms. The number of hydrogen-bond acceptors (Lipinski definition) is 5. The van der Waals surface area contributed by atoms with Gasteiger partial charge in [-0.25, -0.2) is 4.39 Å². The van der Waals surface area contributed by atoms with E-state index in [4.69, 9.17) is 0 Å². The van der Waals surface area contributed by atoms with E-state index in [0.717, 1.165) is 21.3 Å². The predicted octanol–water partition coefficient (Wildman–Crippen LogP) is 5.75. The summed E-state index contributed by atoms with van der Waals surface area (Å²) >= 11 is 4.77. The van der Waals surface area contributed by atoms with Gasteiger partial charge in [-0.15, -0.1) is 0 Å². The van der Waals surface area contributed by atoms with Crippen molar-refractivity contribution >= 4 is 61.6 Å². The number of thiazole rings is 1. The number of aromatic hydroxyl groups is 1. The molecule has 4 nitrogen and oxygen atoms in total. The number of rotatable bonds is 3. The van der Waals surface area contributed by atoms with Crippen molar-refractivity contribution in [1.29, 1.82) is 0 Å². The van der Waals surface area contributed by atoms with Crippen LogP contribution in [0.2, 0.25) is 0 Å². The zero-order valence-electron chi connectivity index (χ0n) is 12.7. The third kappa shape index (κ3) is 3.33. The molecule has 0 unspecified atom stereocenters. The smallest absolute Gasteiger partial charge is 0.231 e. The second kappa shape index (κ2) is 6.42. The summed E-state index contributed by atoms with van der Waals surface area (Å²) in [6.07, 6.45) is 3.62. The van der Waals surface area contributed by atoms with E-state index in [1.165, 1.54) is 23.5 Å². The molecule has 25 heavy (non-hydrogen) atoms. The van der Waals surface area contributed by atoms with Crippen molar-refractivity contribution in [1.82, 2.24) is 4.98 Å². The normalized spacial score (nSPS) is 14.1. The van der Waals surface area contributed by atoms with Gasteiger partial charge in [0.2, 0.25) is 5.88 Å². The van der Waals surface area contributed by atoms with Crippen molar-refractivity contribution in [2.24, 2.45) is 4.99 Å². The summed E-state index contributed by atoms with van der Waals surface area (Å²) in [6.45, 7) is 0. The van der Waals surface area contributed by atoms with E-state index < -0.39 is 0 Å². The molecule has 1 aromatic heterocycles. The fourth-order valence-electron chi connectivity index (χ4n) is 2.45. The summed E-state index contributed by atoms with van der Waals surface area (Å²) in [4.78, 5) is 9.11. The maximum absolute atomic E-state index is 13.0. The van der Waals surface area contributed by atoms with Crippen molar-refractivity contribution in [3.63, 3.8) is 0 Å². The molecule has 1 aliphatic rings. The number of allylic oxidation sites excluding steroid dienone is 1. The first-order valence-electron chi connectivity index (χ1n) is 7.36. The third-order valence-corrected chi connectivity index (χ3v) is 5.03. The van der Waals surface area contributed by atoms with Crippen LogP contribution in [0.4, 0.5) is 20.9 Å². The second-order valence-corrected chi connectivity index (χ2v) is 7.30. The highest BCUT2D eigenvalue weighted by Gasteiger charge is 2.15. The lowest BCUT2D eigenvalue weighted by Gasteiger charge is -2.01. The van der Waals surface area contributed by atoms with E-state index in [1.807, 2.05) is 24.3 Å². The predicted molar refractivity (Wildman–Crippen MR) is 104 cm³/mol. The topological polar surface area (TPSA) is 57.5 Å². The summed E-state index contributed by atoms with van der Waals surface area (Å²) in [5.74, 6) is -0.359. The number of nitrogens with one attached hydrogen (secondary N) is 1. The minimum atomic E-state index is -0.302. The molecule has 7 heteroatoms. The Labute approximate surface area is 155 Å². The molecule has 4 rings (SSSR count). The Morgan fingerprint density at radius 3 is 2.76 bits per heavy atom. The fraction of sp³-hybridized carbons (Fsp3) is 0. The summed E-state index contributed by atoms with van der Waals surface area (Å²) in [5.41, 5.74) is 3.49. The highest BCUT2D eigenvalue weighted by molar-refractivity contribution is 9.10. The van der Waals surface area contributed by atoms with Crippen LogP contribution < -0.4 is 5.32 Å². The number of aromatic nitrogens is 1.